The molecule has 0 aliphatic carbocycles. The molecule has 2 unspecified atom stereocenters. The molecule has 2 atom stereocenters. The molecule has 5 nitrogen and oxygen atoms in total. The van der Waals surface area contributed by atoms with Gasteiger partial charge in [0.1, 0.15) is 5.60 Å². The number of piperidine rings is 1. The van der Waals surface area contributed by atoms with Gasteiger partial charge in [-0.15, -0.1) is 0 Å². The van der Waals surface area contributed by atoms with Crippen molar-refractivity contribution >= 4 is 6.09 Å². The summed E-state index contributed by atoms with van der Waals surface area (Å²) in [6, 6.07) is -0.00394. The molecule has 5 heteroatoms. The standard InChI is InChI=1S/C12H24N2O3/c1-9-7-12(13,8-15)5-6-14(9)10(16)17-11(2,3)4/h9,15H,5-8,13H2,1-4H3. The number of carbonyl (C=O) groups excluding carboxylic acids is 1. The van der Waals surface area contributed by atoms with E-state index < -0.39 is 11.1 Å². The third-order valence-corrected chi connectivity index (χ3v) is 3.03. The first-order valence-electron chi connectivity index (χ1n) is 6.06. The lowest BCUT2D eigenvalue weighted by molar-refractivity contribution is -0.000185. The van der Waals surface area contributed by atoms with E-state index in [0.717, 1.165) is 0 Å². The highest BCUT2D eigenvalue weighted by Crippen LogP contribution is 2.25. The molecule has 1 aliphatic heterocycles. The molecule has 0 aromatic rings. The Morgan fingerprint density at radius 3 is 2.59 bits per heavy atom. The topological polar surface area (TPSA) is 75.8 Å². The Morgan fingerprint density at radius 2 is 2.18 bits per heavy atom. The minimum absolute atomic E-state index is 0.00394. The number of carbonyl (C=O) groups is 1. The van der Waals surface area contributed by atoms with Gasteiger partial charge in [0.05, 0.1) is 6.61 Å². The van der Waals surface area contributed by atoms with Crippen LogP contribution in [-0.4, -0.2) is 46.4 Å². The first-order valence-corrected chi connectivity index (χ1v) is 6.06. The highest BCUT2D eigenvalue weighted by molar-refractivity contribution is 5.68. The summed E-state index contributed by atoms with van der Waals surface area (Å²) in [5.74, 6) is 0. The van der Waals surface area contributed by atoms with E-state index >= 15 is 0 Å². The van der Waals surface area contributed by atoms with E-state index in [-0.39, 0.29) is 18.7 Å². The van der Waals surface area contributed by atoms with E-state index in [2.05, 4.69) is 0 Å². The molecular weight excluding hydrogens is 220 g/mol. The summed E-state index contributed by atoms with van der Waals surface area (Å²) >= 11 is 0. The predicted octanol–water partition coefficient (Wildman–Crippen LogP) is 1.10. The molecule has 1 aliphatic rings. The average molecular weight is 244 g/mol. The Morgan fingerprint density at radius 1 is 1.59 bits per heavy atom. The minimum atomic E-state index is -0.558. The maximum Gasteiger partial charge on any atom is 0.410 e. The van der Waals surface area contributed by atoms with Crippen molar-refractivity contribution in [1.29, 1.82) is 0 Å². The summed E-state index contributed by atoms with van der Waals surface area (Å²) in [4.78, 5) is 13.6. The molecule has 1 amide bonds. The molecule has 0 bridgehead atoms. The van der Waals surface area contributed by atoms with Crippen molar-refractivity contribution < 1.29 is 14.6 Å². The number of amides is 1. The fourth-order valence-corrected chi connectivity index (χ4v) is 2.10. The first-order chi connectivity index (χ1) is 7.67. The molecule has 100 valence electrons. The first kappa shape index (κ1) is 14.3. The highest BCUT2D eigenvalue weighted by Gasteiger charge is 2.37. The number of hydrogen-bond acceptors (Lipinski definition) is 4. The van der Waals surface area contributed by atoms with Gasteiger partial charge in [-0.2, -0.15) is 0 Å². The monoisotopic (exact) mass is 244 g/mol. The number of hydrogen-bond donors (Lipinski definition) is 2. The summed E-state index contributed by atoms with van der Waals surface area (Å²) in [6.45, 7) is 7.97. The second kappa shape index (κ2) is 4.82. The molecule has 3 N–H and O–H groups in total. The number of likely N-dealkylation sites (tertiary alicyclic amines) is 1. The average Bonchev–Trinajstić information content (AvgIpc) is 2.14. The number of ether oxygens (including phenoxy) is 1. The minimum Gasteiger partial charge on any atom is -0.444 e. The second-order valence-corrected chi connectivity index (χ2v) is 6.00. The van der Waals surface area contributed by atoms with Crippen LogP contribution in [-0.2, 0) is 4.74 Å². The van der Waals surface area contributed by atoms with Crippen LogP contribution in [0.3, 0.4) is 0 Å². The third kappa shape index (κ3) is 3.85. The Labute approximate surface area is 103 Å². The quantitative estimate of drug-likeness (QED) is 0.724. The summed E-state index contributed by atoms with van der Waals surface area (Å²) in [7, 11) is 0. The van der Waals surface area contributed by atoms with Gasteiger partial charge in [0.2, 0.25) is 0 Å². The number of nitrogens with two attached hydrogens (primary N) is 1. The van der Waals surface area contributed by atoms with Crippen molar-refractivity contribution in [1.82, 2.24) is 4.90 Å². The lowest BCUT2D eigenvalue weighted by atomic mass is 9.85. The van der Waals surface area contributed by atoms with E-state index in [9.17, 15) is 9.90 Å². The van der Waals surface area contributed by atoms with Crippen molar-refractivity contribution in [2.45, 2.75) is 57.7 Å². The zero-order valence-electron chi connectivity index (χ0n) is 11.2. The van der Waals surface area contributed by atoms with Gasteiger partial charge in [0.15, 0.2) is 0 Å². The van der Waals surface area contributed by atoms with Crippen LogP contribution in [0, 0.1) is 0 Å². The summed E-state index contributed by atoms with van der Waals surface area (Å²) < 4.78 is 5.33. The fourth-order valence-electron chi connectivity index (χ4n) is 2.10. The number of rotatable bonds is 1. The van der Waals surface area contributed by atoms with E-state index in [4.69, 9.17) is 10.5 Å². The van der Waals surface area contributed by atoms with Crippen LogP contribution in [0.25, 0.3) is 0 Å². The van der Waals surface area contributed by atoms with Gasteiger partial charge in [-0.25, -0.2) is 4.79 Å². The van der Waals surface area contributed by atoms with Gasteiger partial charge in [0.25, 0.3) is 0 Å². The molecule has 0 spiro atoms. The lowest BCUT2D eigenvalue weighted by Gasteiger charge is -2.42. The van der Waals surface area contributed by atoms with Crippen molar-refractivity contribution in [2.75, 3.05) is 13.2 Å². The van der Waals surface area contributed by atoms with Crippen LogP contribution >= 0.6 is 0 Å². The van der Waals surface area contributed by atoms with Crippen LogP contribution in [0.5, 0.6) is 0 Å². The van der Waals surface area contributed by atoms with Crippen LogP contribution in [0.1, 0.15) is 40.5 Å². The smallest absolute Gasteiger partial charge is 0.410 e. The lowest BCUT2D eigenvalue weighted by Crippen LogP contribution is -2.58. The Balaban J connectivity index is 2.61. The SMILES string of the molecule is CC1CC(N)(CO)CCN1C(=O)OC(C)(C)C. The Bertz CT molecular complexity index is 288. The largest absolute Gasteiger partial charge is 0.444 e. The molecule has 17 heavy (non-hydrogen) atoms. The maximum atomic E-state index is 11.9. The summed E-state index contributed by atoms with van der Waals surface area (Å²) in [5, 5.41) is 9.22. The molecule has 0 radical (unpaired) electrons. The number of aliphatic hydroxyl groups excluding tert-OH is 1. The fraction of sp³-hybridized carbons (Fsp3) is 0.917. The molecule has 1 fully saturated rings. The molecule has 1 heterocycles. The van der Waals surface area contributed by atoms with Gasteiger partial charge >= 0.3 is 6.09 Å². The molecular formula is C12H24N2O3. The maximum absolute atomic E-state index is 11.9. The van der Waals surface area contributed by atoms with Crippen LogP contribution < -0.4 is 5.73 Å². The van der Waals surface area contributed by atoms with Crippen LogP contribution in [0.2, 0.25) is 0 Å². The molecule has 1 rings (SSSR count). The molecule has 0 saturated carbocycles. The zero-order valence-corrected chi connectivity index (χ0v) is 11.2. The van der Waals surface area contributed by atoms with E-state index in [1.54, 1.807) is 4.90 Å². The van der Waals surface area contributed by atoms with Gasteiger partial charge in [0, 0.05) is 18.1 Å². The highest BCUT2D eigenvalue weighted by atomic mass is 16.6. The Kier molecular flexibility index (Phi) is 4.04. The predicted molar refractivity (Wildman–Crippen MR) is 65.6 cm³/mol. The van der Waals surface area contributed by atoms with Crippen molar-refractivity contribution in [2.24, 2.45) is 5.73 Å². The van der Waals surface area contributed by atoms with Crippen LogP contribution in [0.15, 0.2) is 0 Å². The van der Waals surface area contributed by atoms with Crippen molar-refractivity contribution in [3.8, 4) is 0 Å². The van der Waals surface area contributed by atoms with E-state index in [0.29, 0.717) is 19.4 Å². The van der Waals surface area contributed by atoms with Crippen molar-refractivity contribution in [3.05, 3.63) is 0 Å². The van der Waals surface area contributed by atoms with E-state index in [1.807, 2.05) is 27.7 Å². The van der Waals surface area contributed by atoms with Gasteiger partial charge < -0.3 is 20.5 Å². The molecule has 0 aromatic heterocycles. The van der Waals surface area contributed by atoms with E-state index in [1.165, 1.54) is 0 Å². The summed E-state index contributed by atoms with van der Waals surface area (Å²) in [5.41, 5.74) is 4.97. The second-order valence-electron chi connectivity index (χ2n) is 6.00. The van der Waals surface area contributed by atoms with Gasteiger partial charge in [-0.1, -0.05) is 0 Å². The van der Waals surface area contributed by atoms with Crippen LogP contribution in [0.4, 0.5) is 4.79 Å². The third-order valence-electron chi connectivity index (χ3n) is 3.03. The van der Waals surface area contributed by atoms with Gasteiger partial charge in [-0.05, 0) is 40.5 Å². The van der Waals surface area contributed by atoms with Gasteiger partial charge in [-0.3, -0.25) is 0 Å². The molecule has 0 aromatic carbocycles. The number of nitrogens with zero attached hydrogens (tertiary/aromatic N) is 1. The Hall–Kier alpha value is -0.810. The summed E-state index contributed by atoms with van der Waals surface area (Å²) in [6.07, 6.45) is 0.903. The molecule has 1 saturated heterocycles. The normalized spacial score (nSPS) is 30.2. The number of aliphatic hydroxyl groups is 1. The van der Waals surface area contributed by atoms with Crippen molar-refractivity contribution in [3.63, 3.8) is 0 Å². The zero-order chi connectivity index (χ0) is 13.3.